The molecular formula is C17H26N2O2. The Morgan fingerprint density at radius 3 is 2.76 bits per heavy atom. The number of rotatable bonds is 4. The first-order chi connectivity index (χ1) is 10.2. The van der Waals surface area contributed by atoms with Crippen LogP contribution in [0.15, 0.2) is 18.2 Å². The molecular weight excluding hydrogens is 264 g/mol. The van der Waals surface area contributed by atoms with Gasteiger partial charge in [0.05, 0.1) is 14.2 Å². The summed E-state index contributed by atoms with van der Waals surface area (Å²) in [4.78, 5) is 5.24. The molecule has 0 amide bonds. The first-order valence-electron chi connectivity index (χ1n) is 7.92. The van der Waals surface area contributed by atoms with E-state index in [1.54, 1.807) is 14.2 Å². The van der Waals surface area contributed by atoms with Gasteiger partial charge in [0.25, 0.3) is 0 Å². The van der Waals surface area contributed by atoms with Gasteiger partial charge in [-0.05, 0) is 32.4 Å². The summed E-state index contributed by atoms with van der Waals surface area (Å²) < 4.78 is 11.0. The van der Waals surface area contributed by atoms with Crippen LogP contribution < -0.4 is 9.47 Å². The van der Waals surface area contributed by atoms with Crippen LogP contribution in [0.5, 0.6) is 11.5 Å². The quantitative estimate of drug-likeness (QED) is 0.850. The highest BCUT2D eigenvalue weighted by Gasteiger charge is 2.36. The Labute approximate surface area is 127 Å². The monoisotopic (exact) mass is 290 g/mol. The summed E-state index contributed by atoms with van der Waals surface area (Å²) in [6.45, 7) is 6.92. The van der Waals surface area contributed by atoms with Crippen LogP contribution in [-0.2, 0) is 6.54 Å². The van der Waals surface area contributed by atoms with E-state index in [1.165, 1.54) is 31.5 Å². The molecule has 4 nitrogen and oxygen atoms in total. The van der Waals surface area contributed by atoms with E-state index >= 15 is 0 Å². The van der Waals surface area contributed by atoms with Crippen molar-refractivity contribution in [3.05, 3.63) is 23.8 Å². The summed E-state index contributed by atoms with van der Waals surface area (Å²) in [5, 5.41) is 0. The standard InChI is InChI=1S/C17H26N2O2/c1-13-15-7-5-9-18(15)10-11-19(13)12-14-6-4-8-16(20-2)17(14)21-3/h4,6,8,13,15H,5,7,9-12H2,1-3H3. The molecule has 1 aromatic rings. The van der Waals surface area contributed by atoms with Gasteiger partial charge in [0, 0.05) is 37.3 Å². The van der Waals surface area contributed by atoms with Gasteiger partial charge in [0.1, 0.15) is 0 Å². The van der Waals surface area contributed by atoms with E-state index in [0.29, 0.717) is 6.04 Å². The van der Waals surface area contributed by atoms with E-state index in [2.05, 4.69) is 22.8 Å². The Balaban J connectivity index is 1.77. The second-order valence-corrected chi connectivity index (χ2v) is 6.11. The second kappa shape index (κ2) is 6.24. The summed E-state index contributed by atoms with van der Waals surface area (Å²) >= 11 is 0. The first kappa shape index (κ1) is 14.7. The smallest absolute Gasteiger partial charge is 0.165 e. The normalized spacial score (nSPS) is 26.6. The summed E-state index contributed by atoms with van der Waals surface area (Å²) in [6, 6.07) is 7.50. The van der Waals surface area contributed by atoms with Crippen molar-refractivity contribution in [3.63, 3.8) is 0 Å². The predicted molar refractivity (Wildman–Crippen MR) is 84.0 cm³/mol. The number of fused-ring (bicyclic) bond motifs is 1. The maximum absolute atomic E-state index is 5.57. The molecule has 116 valence electrons. The van der Waals surface area contributed by atoms with Crippen LogP contribution in [0.25, 0.3) is 0 Å². The van der Waals surface area contributed by atoms with Gasteiger partial charge in [-0.25, -0.2) is 0 Å². The van der Waals surface area contributed by atoms with Crippen LogP contribution in [0.3, 0.4) is 0 Å². The third kappa shape index (κ3) is 2.74. The van der Waals surface area contributed by atoms with Gasteiger partial charge in [-0.2, -0.15) is 0 Å². The lowest BCUT2D eigenvalue weighted by Crippen LogP contribution is -2.55. The molecule has 1 aromatic carbocycles. The predicted octanol–water partition coefficient (Wildman–Crippen LogP) is 2.37. The van der Waals surface area contributed by atoms with Crippen molar-refractivity contribution in [2.24, 2.45) is 0 Å². The largest absolute Gasteiger partial charge is 0.493 e. The fourth-order valence-electron chi connectivity index (χ4n) is 3.90. The van der Waals surface area contributed by atoms with Crippen molar-refractivity contribution in [1.29, 1.82) is 0 Å². The lowest BCUT2D eigenvalue weighted by molar-refractivity contribution is 0.0465. The highest BCUT2D eigenvalue weighted by molar-refractivity contribution is 5.46. The van der Waals surface area contributed by atoms with Gasteiger partial charge in [0.15, 0.2) is 11.5 Å². The van der Waals surface area contributed by atoms with Gasteiger partial charge < -0.3 is 9.47 Å². The van der Waals surface area contributed by atoms with Gasteiger partial charge in [-0.15, -0.1) is 0 Å². The first-order valence-corrected chi connectivity index (χ1v) is 7.92. The molecule has 21 heavy (non-hydrogen) atoms. The van der Waals surface area contributed by atoms with Crippen LogP contribution in [0.1, 0.15) is 25.3 Å². The molecule has 0 saturated carbocycles. The van der Waals surface area contributed by atoms with Gasteiger partial charge in [-0.3, -0.25) is 9.80 Å². The van der Waals surface area contributed by atoms with Crippen molar-refractivity contribution in [1.82, 2.24) is 9.80 Å². The van der Waals surface area contributed by atoms with Crippen LogP contribution in [-0.4, -0.2) is 55.7 Å². The highest BCUT2D eigenvalue weighted by Crippen LogP contribution is 2.33. The van der Waals surface area contributed by atoms with E-state index in [1.807, 2.05) is 12.1 Å². The molecule has 2 unspecified atom stereocenters. The SMILES string of the molecule is COc1cccc(CN2CCN3CCCC3C2C)c1OC. The zero-order valence-corrected chi connectivity index (χ0v) is 13.3. The van der Waals surface area contributed by atoms with Crippen LogP contribution in [0.2, 0.25) is 0 Å². The Morgan fingerprint density at radius 2 is 2.00 bits per heavy atom. The number of para-hydroxylation sites is 1. The minimum Gasteiger partial charge on any atom is -0.493 e. The van der Waals surface area contributed by atoms with Gasteiger partial charge >= 0.3 is 0 Å². The number of ether oxygens (including phenoxy) is 2. The van der Waals surface area contributed by atoms with Crippen molar-refractivity contribution in [2.75, 3.05) is 33.9 Å². The number of piperazine rings is 1. The van der Waals surface area contributed by atoms with E-state index < -0.39 is 0 Å². The third-order valence-electron chi connectivity index (χ3n) is 5.08. The van der Waals surface area contributed by atoms with E-state index in [0.717, 1.165) is 30.6 Å². The van der Waals surface area contributed by atoms with Gasteiger partial charge in [0.2, 0.25) is 0 Å². The second-order valence-electron chi connectivity index (χ2n) is 6.11. The van der Waals surface area contributed by atoms with Crippen molar-refractivity contribution in [3.8, 4) is 11.5 Å². The Kier molecular flexibility index (Phi) is 4.36. The summed E-state index contributed by atoms with van der Waals surface area (Å²) in [6.07, 6.45) is 2.69. The molecule has 0 aromatic heterocycles. The number of methoxy groups -OCH3 is 2. The minimum atomic E-state index is 0.608. The maximum atomic E-state index is 5.57. The van der Waals surface area contributed by atoms with Crippen molar-refractivity contribution in [2.45, 2.75) is 38.4 Å². The molecule has 0 bridgehead atoms. The topological polar surface area (TPSA) is 24.9 Å². The average Bonchev–Trinajstić information content (AvgIpc) is 2.99. The number of nitrogens with zero attached hydrogens (tertiary/aromatic N) is 2. The fourth-order valence-corrected chi connectivity index (χ4v) is 3.90. The van der Waals surface area contributed by atoms with E-state index in [-0.39, 0.29) is 0 Å². The zero-order valence-electron chi connectivity index (χ0n) is 13.3. The number of benzene rings is 1. The molecule has 2 heterocycles. The molecule has 0 spiro atoms. The molecule has 3 rings (SSSR count). The minimum absolute atomic E-state index is 0.608. The Morgan fingerprint density at radius 1 is 1.14 bits per heavy atom. The fraction of sp³-hybridized carbons (Fsp3) is 0.647. The lowest BCUT2D eigenvalue weighted by Gasteiger charge is -2.43. The van der Waals surface area contributed by atoms with Crippen molar-refractivity contribution >= 4 is 0 Å². The summed E-state index contributed by atoms with van der Waals surface area (Å²) in [7, 11) is 3.42. The molecule has 0 N–H and O–H groups in total. The molecule has 0 aliphatic carbocycles. The van der Waals surface area contributed by atoms with E-state index in [9.17, 15) is 0 Å². The molecule has 2 aliphatic rings. The molecule has 2 fully saturated rings. The lowest BCUT2D eigenvalue weighted by atomic mass is 10.0. The molecule has 2 saturated heterocycles. The Bertz CT molecular complexity index is 492. The number of hydrogen-bond acceptors (Lipinski definition) is 4. The Hall–Kier alpha value is -1.26. The summed E-state index contributed by atoms with van der Waals surface area (Å²) in [5.41, 5.74) is 1.22. The summed E-state index contributed by atoms with van der Waals surface area (Å²) in [5.74, 6) is 1.70. The molecule has 2 atom stereocenters. The molecule has 4 heteroatoms. The van der Waals surface area contributed by atoms with Crippen LogP contribution in [0.4, 0.5) is 0 Å². The maximum Gasteiger partial charge on any atom is 0.165 e. The van der Waals surface area contributed by atoms with E-state index in [4.69, 9.17) is 9.47 Å². The average molecular weight is 290 g/mol. The highest BCUT2D eigenvalue weighted by atomic mass is 16.5. The third-order valence-corrected chi connectivity index (χ3v) is 5.08. The molecule has 0 radical (unpaired) electrons. The zero-order chi connectivity index (χ0) is 14.8. The van der Waals surface area contributed by atoms with Crippen LogP contribution >= 0.6 is 0 Å². The van der Waals surface area contributed by atoms with Crippen molar-refractivity contribution < 1.29 is 9.47 Å². The van der Waals surface area contributed by atoms with Crippen LogP contribution in [0, 0.1) is 0 Å². The molecule has 2 aliphatic heterocycles. The van der Waals surface area contributed by atoms with Gasteiger partial charge in [-0.1, -0.05) is 12.1 Å². The number of hydrogen-bond donors (Lipinski definition) is 0.